The first-order valence-electron chi connectivity index (χ1n) is 6.83. The van der Waals surface area contributed by atoms with Gasteiger partial charge < -0.3 is 10.6 Å². The van der Waals surface area contributed by atoms with E-state index in [2.05, 4.69) is 25.8 Å². The van der Waals surface area contributed by atoms with Crippen molar-refractivity contribution in [2.45, 2.75) is 38.1 Å². The van der Waals surface area contributed by atoms with E-state index in [-0.39, 0.29) is 6.03 Å². The number of carbonyl (C=O) groups excluding carboxylic acids is 1. The number of nitrogens with zero attached hydrogens (tertiary/aromatic N) is 2. The van der Waals surface area contributed by atoms with Crippen molar-refractivity contribution in [2.24, 2.45) is 0 Å². The molecule has 0 atom stereocenters. The number of urea groups is 1. The fourth-order valence-corrected chi connectivity index (χ4v) is 3.13. The highest BCUT2D eigenvalue weighted by Gasteiger charge is 2.17. The van der Waals surface area contributed by atoms with E-state index in [1.807, 2.05) is 5.38 Å². The number of amides is 2. The molecule has 2 amide bonds. The first-order chi connectivity index (χ1) is 9.83. The number of anilines is 1. The lowest BCUT2D eigenvalue weighted by Crippen LogP contribution is -2.39. The third-order valence-electron chi connectivity index (χ3n) is 3.47. The first-order valence-corrected chi connectivity index (χ1v) is 7.71. The van der Waals surface area contributed by atoms with Gasteiger partial charge in [-0.3, -0.25) is 5.10 Å². The molecule has 20 heavy (non-hydrogen) atoms. The Bertz CT molecular complexity index is 559. The summed E-state index contributed by atoms with van der Waals surface area (Å²) >= 11 is 1.50. The van der Waals surface area contributed by atoms with Crippen LogP contribution in [0.1, 0.15) is 32.1 Å². The van der Waals surface area contributed by atoms with Gasteiger partial charge in [-0.05, 0) is 12.8 Å². The predicted molar refractivity (Wildman–Crippen MR) is 78.7 cm³/mol. The fourth-order valence-electron chi connectivity index (χ4n) is 2.48. The fraction of sp³-hybridized carbons (Fsp3) is 0.462. The minimum absolute atomic E-state index is 0.170. The summed E-state index contributed by atoms with van der Waals surface area (Å²) in [5.41, 5.74) is 1.41. The molecule has 106 valence electrons. The molecule has 0 aromatic carbocycles. The number of H-pyrrole nitrogens is 1. The number of hydrogen-bond acceptors (Lipinski definition) is 4. The second kappa shape index (κ2) is 6.04. The van der Waals surface area contributed by atoms with Crippen molar-refractivity contribution < 1.29 is 4.79 Å². The molecule has 0 bridgehead atoms. The molecule has 1 aliphatic rings. The molecule has 7 heteroatoms. The summed E-state index contributed by atoms with van der Waals surface area (Å²) in [5, 5.41) is 15.4. The third kappa shape index (κ3) is 2.98. The molecule has 3 rings (SSSR count). The monoisotopic (exact) mass is 291 g/mol. The lowest BCUT2D eigenvalue weighted by atomic mass is 9.96. The topological polar surface area (TPSA) is 82.7 Å². The Labute approximate surface area is 121 Å². The molecule has 0 radical (unpaired) electrons. The molecule has 2 heterocycles. The van der Waals surface area contributed by atoms with E-state index in [1.165, 1.54) is 30.6 Å². The van der Waals surface area contributed by atoms with E-state index < -0.39 is 0 Å². The second-order valence-corrected chi connectivity index (χ2v) is 5.82. The lowest BCUT2D eigenvalue weighted by Gasteiger charge is -2.22. The van der Waals surface area contributed by atoms with E-state index in [1.54, 1.807) is 12.4 Å². The average Bonchev–Trinajstić information content (AvgIpc) is 3.10. The molecule has 1 aliphatic carbocycles. The molecule has 2 aromatic heterocycles. The Morgan fingerprint density at radius 2 is 2.20 bits per heavy atom. The molecule has 1 saturated carbocycles. The van der Waals surface area contributed by atoms with E-state index in [0.717, 1.165) is 23.5 Å². The SMILES string of the molecule is O=C(Nc1cn[nH]c1-c1nccs1)NC1CCCCC1. The standard InChI is InChI=1S/C13H17N5OS/c19-13(16-9-4-2-1-3-5-9)17-10-8-15-18-11(10)12-14-6-7-20-12/h6-9H,1-5H2,(H,15,18)(H2,16,17,19). The number of rotatable bonds is 3. The Morgan fingerprint density at radius 3 is 2.95 bits per heavy atom. The molecular weight excluding hydrogens is 274 g/mol. The van der Waals surface area contributed by atoms with Crippen molar-refractivity contribution in [2.75, 3.05) is 5.32 Å². The maximum atomic E-state index is 12.0. The Balaban J connectivity index is 1.63. The highest BCUT2D eigenvalue weighted by Crippen LogP contribution is 2.26. The van der Waals surface area contributed by atoms with Crippen LogP contribution in [0.25, 0.3) is 10.7 Å². The van der Waals surface area contributed by atoms with Crippen molar-refractivity contribution in [1.82, 2.24) is 20.5 Å². The van der Waals surface area contributed by atoms with Crippen LogP contribution in [0.15, 0.2) is 17.8 Å². The van der Waals surface area contributed by atoms with Crippen molar-refractivity contribution >= 4 is 23.1 Å². The van der Waals surface area contributed by atoms with Crippen LogP contribution in [0.3, 0.4) is 0 Å². The van der Waals surface area contributed by atoms with Gasteiger partial charge in [-0.1, -0.05) is 19.3 Å². The van der Waals surface area contributed by atoms with Gasteiger partial charge in [-0.25, -0.2) is 9.78 Å². The number of aromatic nitrogens is 3. The quantitative estimate of drug-likeness (QED) is 0.813. The number of carbonyl (C=O) groups is 1. The molecule has 2 aromatic rings. The molecule has 0 unspecified atom stereocenters. The average molecular weight is 291 g/mol. The third-order valence-corrected chi connectivity index (χ3v) is 4.26. The van der Waals surface area contributed by atoms with Gasteiger partial charge in [-0.15, -0.1) is 11.3 Å². The Kier molecular flexibility index (Phi) is 3.96. The number of nitrogens with one attached hydrogen (secondary N) is 3. The lowest BCUT2D eigenvalue weighted by molar-refractivity contribution is 0.244. The van der Waals surface area contributed by atoms with Crippen LogP contribution in [0.5, 0.6) is 0 Å². The number of hydrogen-bond donors (Lipinski definition) is 3. The smallest absolute Gasteiger partial charge is 0.319 e. The van der Waals surface area contributed by atoms with Crippen LogP contribution in [0, 0.1) is 0 Å². The first kappa shape index (κ1) is 13.1. The van der Waals surface area contributed by atoms with Gasteiger partial charge in [0.25, 0.3) is 0 Å². The molecule has 6 nitrogen and oxygen atoms in total. The number of aromatic amines is 1. The molecule has 0 saturated heterocycles. The second-order valence-electron chi connectivity index (χ2n) is 4.93. The summed E-state index contributed by atoms with van der Waals surface area (Å²) in [6, 6.07) is 0.120. The van der Waals surface area contributed by atoms with Crippen LogP contribution in [-0.2, 0) is 0 Å². The largest absolute Gasteiger partial charge is 0.335 e. The maximum absolute atomic E-state index is 12.0. The maximum Gasteiger partial charge on any atom is 0.319 e. The highest BCUT2D eigenvalue weighted by atomic mass is 32.1. The van der Waals surface area contributed by atoms with Gasteiger partial charge in [-0.2, -0.15) is 5.10 Å². The Hall–Kier alpha value is -1.89. The van der Waals surface area contributed by atoms with Crippen LogP contribution in [0.4, 0.5) is 10.5 Å². The van der Waals surface area contributed by atoms with E-state index in [0.29, 0.717) is 11.7 Å². The van der Waals surface area contributed by atoms with Crippen LogP contribution >= 0.6 is 11.3 Å². The minimum atomic E-state index is -0.170. The summed E-state index contributed by atoms with van der Waals surface area (Å²) in [6.45, 7) is 0. The van der Waals surface area contributed by atoms with Gasteiger partial charge >= 0.3 is 6.03 Å². The van der Waals surface area contributed by atoms with Gasteiger partial charge in [0.15, 0.2) is 0 Å². The summed E-state index contributed by atoms with van der Waals surface area (Å²) in [6.07, 6.45) is 9.14. The molecular formula is C13H17N5OS. The summed E-state index contributed by atoms with van der Waals surface area (Å²) in [5.74, 6) is 0. The van der Waals surface area contributed by atoms with Crippen molar-refractivity contribution in [1.29, 1.82) is 0 Å². The van der Waals surface area contributed by atoms with E-state index in [9.17, 15) is 4.79 Å². The summed E-state index contributed by atoms with van der Waals surface area (Å²) < 4.78 is 0. The zero-order valence-electron chi connectivity index (χ0n) is 11.1. The van der Waals surface area contributed by atoms with Crippen LogP contribution in [0.2, 0.25) is 0 Å². The van der Waals surface area contributed by atoms with Gasteiger partial charge in [0.2, 0.25) is 0 Å². The zero-order chi connectivity index (χ0) is 13.8. The zero-order valence-corrected chi connectivity index (χ0v) is 11.9. The van der Waals surface area contributed by atoms with Crippen LogP contribution in [-0.4, -0.2) is 27.3 Å². The molecule has 0 spiro atoms. The van der Waals surface area contributed by atoms with Gasteiger partial charge in [0.05, 0.1) is 11.9 Å². The van der Waals surface area contributed by atoms with Crippen LogP contribution < -0.4 is 10.6 Å². The van der Waals surface area contributed by atoms with E-state index >= 15 is 0 Å². The summed E-state index contributed by atoms with van der Waals surface area (Å²) in [7, 11) is 0. The normalized spacial score (nSPS) is 16.0. The number of thiazole rings is 1. The highest BCUT2D eigenvalue weighted by molar-refractivity contribution is 7.13. The Morgan fingerprint density at radius 1 is 1.35 bits per heavy atom. The molecule has 0 aliphatic heterocycles. The van der Waals surface area contributed by atoms with Crippen molar-refractivity contribution in [3.63, 3.8) is 0 Å². The van der Waals surface area contributed by atoms with Gasteiger partial charge in [0, 0.05) is 17.6 Å². The predicted octanol–water partition coefficient (Wildman–Crippen LogP) is 2.99. The van der Waals surface area contributed by atoms with Crippen molar-refractivity contribution in [3.8, 4) is 10.7 Å². The molecule has 3 N–H and O–H groups in total. The molecule has 1 fully saturated rings. The van der Waals surface area contributed by atoms with Crippen molar-refractivity contribution in [3.05, 3.63) is 17.8 Å². The van der Waals surface area contributed by atoms with Gasteiger partial charge in [0.1, 0.15) is 10.7 Å². The summed E-state index contributed by atoms with van der Waals surface area (Å²) in [4.78, 5) is 16.2. The van der Waals surface area contributed by atoms with E-state index in [4.69, 9.17) is 0 Å². The minimum Gasteiger partial charge on any atom is -0.335 e.